The minimum Gasteiger partial charge on any atom is -0.313 e. The van der Waals surface area contributed by atoms with E-state index in [1.807, 2.05) is 13.8 Å². The van der Waals surface area contributed by atoms with Crippen molar-refractivity contribution in [3.63, 3.8) is 0 Å². The first-order valence-corrected chi connectivity index (χ1v) is 7.01. The molecule has 0 aromatic rings. The highest BCUT2D eigenvalue weighted by atomic mass is 32.2. The summed E-state index contributed by atoms with van der Waals surface area (Å²) in [4.78, 5) is 0. The molecule has 1 aliphatic rings. The fourth-order valence-corrected chi connectivity index (χ4v) is 2.93. The zero-order valence-electron chi connectivity index (χ0n) is 9.41. The molecule has 0 radical (unpaired) electrons. The Morgan fingerprint density at radius 1 is 1.53 bits per heavy atom. The summed E-state index contributed by atoms with van der Waals surface area (Å²) in [5.41, 5.74) is 1.18. The van der Waals surface area contributed by atoms with Gasteiger partial charge in [0.15, 0.2) is 0 Å². The minimum atomic E-state index is -3.09. The number of hydrogen-bond acceptors (Lipinski definition) is 3. The zero-order chi connectivity index (χ0) is 11.3. The van der Waals surface area contributed by atoms with E-state index in [-0.39, 0.29) is 11.7 Å². The van der Waals surface area contributed by atoms with Gasteiger partial charge in [-0.2, -0.15) is 0 Å². The van der Waals surface area contributed by atoms with Crippen LogP contribution in [0.15, 0.2) is 11.6 Å². The lowest BCUT2D eigenvalue weighted by atomic mass is 10.1. The molecule has 1 aliphatic heterocycles. The molecule has 0 saturated heterocycles. The molecule has 0 aliphatic carbocycles. The summed E-state index contributed by atoms with van der Waals surface area (Å²) in [6.07, 6.45) is 2.99. The van der Waals surface area contributed by atoms with Gasteiger partial charge in [-0.05, 0) is 18.9 Å². The average molecular weight is 232 g/mol. The van der Waals surface area contributed by atoms with Gasteiger partial charge in [0, 0.05) is 13.1 Å². The van der Waals surface area contributed by atoms with Crippen molar-refractivity contribution in [2.24, 2.45) is 5.92 Å². The third kappa shape index (κ3) is 5.30. The number of nitrogens with one attached hydrogen (secondary N) is 2. The van der Waals surface area contributed by atoms with Crippen LogP contribution in [0.25, 0.3) is 0 Å². The summed E-state index contributed by atoms with van der Waals surface area (Å²) in [5.74, 6) is 0.378. The van der Waals surface area contributed by atoms with Crippen molar-refractivity contribution in [2.75, 3.05) is 25.4 Å². The van der Waals surface area contributed by atoms with E-state index in [2.05, 4.69) is 16.1 Å². The van der Waals surface area contributed by atoms with Gasteiger partial charge in [0.25, 0.3) is 0 Å². The SMILES string of the molecule is CC(C)CS(=O)(=O)NCC1=CCNCC1. The highest BCUT2D eigenvalue weighted by Crippen LogP contribution is 2.04. The van der Waals surface area contributed by atoms with Crippen molar-refractivity contribution in [1.82, 2.24) is 10.0 Å². The Labute approximate surface area is 92.2 Å². The lowest BCUT2D eigenvalue weighted by Gasteiger charge is -2.15. The van der Waals surface area contributed by atoms with Crippen LogP contribution < -0.4 is 10.0 Å². The van der Waals surface area contributed by atoms with Crippen LogP contribution in [-0.4, -0.2) is 33.8 Å². The highest BCUT2D eigenvalue weighted by Gasteiger charge is 2.13. The second-order valence-corrected chi connectivity index (χ2v) is 6.16. The lowest BCUT2D eigenvalue weighted by Crippen LogP contribution is -2.32. The molecule has 0 fully saturated rings. The smallest absolute Gasteiger partial charge is 0.212 e. The Kier molecular flexibility index (Phi) is 4.76. The van der Waals surface area contributed by atoms with Gasteiger partial charge in [0.2, 0.25) is 10.0 Å². The molecule has 15 heavy (non-hydrogen) atoms. The maximum atomic E-state index is 11.5. The van der Waals surface area contributed by atoms with Crippen LogP contribution in [-0.2, 0) is 10.0 Å². The van der Waals surface area contributed by atoms with E-state index in [1.165, 1.54) is 5.57 Å². The number of sulfonamides is 1. The van der Waals surface area contributed by atoms with Crippen molar-refractivity contribution in [3.05, 3.63) is 11.6 Å². The van der Waals surface area contributed by atoms with Crippen molar-refractivity contribution in [1.29, 1.82) is 0 Å². The Morgan fingerprint density at radius 3 is 2.80 bits per heavy atom. The van der Waals surface area contributed by atoms with E-state index in [1.54, 1.807) is 0 Å². The third-order valence-corrected chi connectivity index (χ3v) is 3.92. The Hall–Kier alpha value is -0.390. The largest absolute Gasteiger partial charge is 0.313 e. The summed E-state index contributed by atoms with van der Waals surface area (Å²) in [5, 5.41) is 3.19. The Balaban J connectivity index is 2.38. The van der Waals surface area contributed by atoms with Crippen LogP contribution in [0, 0.1) is 5.92 Å². The fraction of sp³-hybridized carbons (Fsp3) is 0.800. The standard InChI is InChI=1S/C10H20N2O2S/c1-9(2)8-15(13,14)12-7-10-3-5-11-6-4-10/h3,9,11-12H,4-8H2,1-2H3. The van der Waals surface area contributed by atoms with Crippen molar-refractivity contribution >= 4 is 10.0 Å². The second kappa shape index (κ2) is 5.63. The van der Waals surface area contributed by atoms with Gasteiger partial charge < -0.3 is 5.32 Å². The minimum absolute atomic E-state index is 0.171. The monoisotopic (exact) mass is 232 g/mol. The van der Waals surface area contributed by atoms with E-state index in [4.69, 9.17) is 0 Å². The molecule has 0 unspecified atom stereocenters. The lowest BCUT2D eigenvalue weighted by molar-refractivity contribution is 0.569. The molecule has 0 atom stereocenters. The van der Waals surface area contributed by atoms with Crippen molar-refractivity contribution in [2.45, 2.75) is 20.3 Å². The van der Waals surface area contributed by atoms with Crippen LogP contribution in [0.4, 0.5) is 0 Å². The van der Waals surface area contributed by atoms with Gasteiger partial charge in [0.1, 0.15) is 0 Å². The molecule has 0 saturated carbocycles. The normalized spacial score (nSPS) is 17.9. The first kappa shape index (κ1) is 12.7. The molecule has 0 aromatic carbocycles. The van der Waals surface area contributed by atoms with Gasteiger partial charge in [-0.3, -0.25) is 0 Å². The molecule has 5 heteroatoms. The van der Waals surface area contributed by atoms with Gasteiger partial charge in [0.05, 0.1) is 5.75 Å². The Morgan fingerprint density at radius 2 is 2.27 bits per heavy atom. The topological polar surface area (TPSA) is 58.2 Å². The summed E-state index contributed by atoms with van der Waals surface area (Å²) < 4.78 is 25.7. The molecule has 0 spiro atoms. The van der Waals surface area contributed by atoms with Crippen LogP contribution in [0.2, 0.25) is 0 Å². The van der Waals surface area contributed by atoms with E-state index >= 15 is 0 Å². The van der Waals surface area contributed by atoms with Gasteiger partial charge in [-0.25, -0.2) is 13.1 Å². The molecule has 4 nitrogen and oxygen atoms in total. The summed E-state index contributed by atoms with van der Waals surface area (Å²) in [6.45, 7) is 6.07. The van der Waals surface area contributed by atoms with E-state index in [9.17, 15) is 8.42 Å². The fourth-order valence-electron chi connectivity index (χ4n) is 1.53. The highest BCUT2D eigenvalue weighted by molar-refractivity contribution is 7.89. The number of hydrogen-bond donors (Lipinski definition) is 2. The molecule has 1 heterocycles. The molecule has 2 N–H and O–H groups in total. The predicted molar refractivity (Wildman–Crippen MR) is 62.2 cm³/mol. The average Bonchev–Trinajstić information content (AvgIpc) is 2.15. The zero-order valence-corrected chi connectivity index (χ0v) is 10.2. The second-order valence-electron chi connectivity index (χ2n) is 4.31. The molecule has 0 bridgehead atoms. The maximum absolute atomic E-state index is 11.5. The first-order chi connectivity index (χ1) is 6.99. The van der Waals surface area contributed by atoms with E-state index < -0.39 is 10.0 Å². The van der Waals surface area contributed by atoms with Crippen molar-refractivity contribution < 1.29 is 8.42 Å². The molecular formula is C10H20N2O2S. The van der Waals surface area contributed by atoms with E-state index in [0.717, 1.165) is 19.5 Å². The maximum Gasteiger partial charge on any atom is 0.212 e. The summed E-state index contributed by atoms with van der Waals surface area (Å²) in [6, 6.07) is 0. The predicted octanol–water partition coefficient (Wildman–Crippen LogP) is 0.482. The molecule has 1 rings (SSSR count). The molecule has 0 aromatic heterocycles. The summed E-state index contributed by atoms with van der Waals surface area (Å²) >= 11 is 0. The van der Waals surface area contributed by atoms with Crippen LogP contribution in [0.5, 0.6) is 0 Å². The molecule has 0 amide bonds. The van der Waals surface area contributed by atoms with Gasteiger partial charge >= 0.3 is 0 Å². The van der Waals surface area contributed by atoms with Crippen LogP contribution in [0.1, 0.15) is 20.3 Å². The third-order valence-electron chi connectivity index (χ3n) is 2.23. The number of rotatable bonds is 5. The van der Waals surface area contributed by atoms with Crippen LogP contribution >= 0.6 is 0 Å². The van der Waals surface area contributed by atoms with Crippen LogP contribution in [0.3, 0.4) is 0 Å². The van der Waals surface area contributed by atoms with Crippen molar-refractivity contribution in [3.8, 4) is 0 Å². The molecular weight excluding hydrogens is 212 g/mol. The first-order valence-electron chi connectivity index (χ1n) is 5.35. The molecule has 88 valence electrons. The van der Waals surface area contributed by atoms with Gasteiger partial charge in [-0.15, -0.1) is 0 Å². The Bertz CT molecular complexity index is 320. The van der Waals surface area contributed by atoms with Gasteiger partial charge in [-0.1, -0.05) is 25.5 Å². The van der Waals surface area contributed by atoms with E-state index in [0.29, 0.717) is 6.54 Å². The summed E-state index contributed by atoms with van der Waals surface area (Å²) in [7, 11) is -3.09. The quantitative estimate of drug-likeness (QED) is 0.678.